The van der Waals surface area contributed by atoms with Gasteiger partial charge >= 0.3 is 11.0 Å². The van der Waals surface area contributed by atoms with Gasteiger partial charge in [-0.1, -0.05) is 11.3 Å². The van der Waals surface area contributed by atoms with E-state index in [-0.39, 0.29) is 4.87 Å². The summed E-state index contributed by atoms with van der Waals surface area (Å²) in [6.07, 6.45) is -0.778. The molecule has 0 atom stereocenters. The Kier molecular flexibility index (Phi) is 2.66. The van der Waals surface area contributed by atoms with Gasteiger partial charge in [-0.3, -0.25) is 4.79 Å². The molecule has 6 heteroatoms. The van der Waals surface area contributed by atoms with Crippen LogP contribution < -0.4 is 9.61 Å². The number of rotatable bonds is 1. The van der Waals surface area contributed by atoms with Crippen molar-refractivity contribution in [2.75, 3.05) is 7.11 Å². The van der Waals surface area contributed by atoms with Gasteiger partial charge in [0.25, 0.3) is 0 Å². The molecule has 0 amide bonds. The Balaban J connectivity index is 2.51. The van der Waals surface area contributed by atoms with Crippen LogP contribution in [0.15, 0.2) is 16.9 Å². The van der Waals surface area contributed by atoms with Gasteiger partial charge in [-0.25, -0.2) is 4.79 Å². The van der Waals surface area contributed by atoms with Gasteiger partial charge in [0.05, 0.1) is 17.3 Å². The zero-order valence-electron chi connectivity index (χ0n) is 8.70. The summed E-state index contributed by atoms with van der Waals surface area (Å²) in [5, 5.41) is 0. The first-order valence-corrected chi connectivity index (χ1v) is 5.31. The van der Waals surface area contributed by atoms with E-state index in [2.05, 4.69) is 9.72 Å². The molecule has 5 nitrogen and oxygen atoms in total. The molecule has 0 aliphatic carbocycles. The van der Waals surface area contributed by atoms with E-state index in [9.17, 15) is 9.59 Å². The number of carbonyl (C=O) groups is 1. The number of methoxy groups -OCH3 is 1. The molecule has 0 saturated heterocycles. The van der Waals surface area contributed by atoms with E-state index in [1.165, 1.54) is 7.11 Å². The highest BCUT2D eigenvalue weighted by Gasteiger charge is 2.11. The molecule has 0 spiro atoms. The Morgan fingerprint density at radius 1 is 1.44 bits per heavy atom. The van der Waals surface area contributed by atoms with Crippen LogP contribution in [0.25, 0.3) is 10.2 Å². The van der Waals surface area contributed by atoms with Crippen LogP contribution in [0.3, 0.4) is 0 Å². The number of hydrogen-bond acceptors (Lipinski definition) is 5. The maximum atomic E-state index is 11.2. The van der Waals surface area contributed by atoms with Crippen LogP contribution in [0.4, 0.5) is 4.79 Å². The first kappa shape index (κ1) is 10.7. The van der Waals surface area contributed by atoms with Crippen LogP contribution in [0.5, 0.6) is 5.75 Å². The summed E-state index contributed by atoms with van der Waals surface area (Å²) in [7, 11) is 1.24. The van der Waals surface area contributed by atoms with Crippen molar-refractivity contribution < 1.29 is 14.3 Å². The molecular weight excluding hydrogens is 230 g/mol. The molecular formula is C10H9NO4S. The fourth-order valence-corrected chi connectivity index (χ4v) is 2.17. The van der Waals surface area contributed by atoms with E-state index in [0.29, 0.717) is 16.8 Å². The number of nitrogens with one attached hydrogen (secondary N) is 1. The SMILES string of the molecule is COC(=O)Oc1ccc2sc(=O)[nH]c2c1C. The normalized spacial score (nSPS) is 10.4. The van der Waals surface area contributed by atoms with E-state index in [1.54, 1.807) is 19.1 Å². The highest BCUT2D eigenvalue weighted by molar-refractivity contribution is 7.16. The first-order chi connectivity index (χ1) is 7.61. The van der Waals surface area contributed by atoms with Crippen molar-refractivity contribution in [1.29, 1.82) is 0 Å². The molecule has 1 aromatic heterocycles. The number of ether oxygens (including phenoxy) is 2. The number of aryl methyl sites for hydroxylation is 1. The number of fused-ring (bicyclic) bond motifs is 1. The predicted octanol–water partition coefficient (Wildman–Crippen LogP) is 2.04. The van der Waals surface area contributed by atoms with Crippen LogP contribution >= 0.6 is 11.3 Å². The van der Waals surface area contributed by atoms with Crippen molar-refractivity contribution in [1.82, 2.24) is 4.98 Å². The maximum Gasteiger partial charge on any atom is 0.513 e. The van der Waals surface area contributed by atoms with Crippen molar-refractivity contribution in [3.8, 4) is 5.75 Å². The second kappa shape index (κ2) is 3.97. The van der Waals surface area contributed by atoms with Crippen LogP contribution in [-0.4, -0.2) is 18.2 Å². The van der Waals surface area contributed by atoms with E-state index >= 15 is 0 Å². The van der Waals surface area contributed by atoms with Gasteiger partial charge in [0.2, 0.25) is 0 Å². The summed E-state index contributed by atoms with van der Waals surface area (Å²) in [6.45, 7) is 1.77. The number of aromatic amines is 1. The second-order valence-electron chi connectivity index (χ2n) is 3.13. The fraction of sp³-hybridized carbons (Fsp3) is 0.200. The van der Waals surface area contributed by atoms with Crippen molar-refractivity contribution in [2.45, 2.75) is 6.92 Å². The lowest BCUT2D eigenvalue weighted by molar-refractivity contribution is 0.121. The van der Waals surface area contributed by atoms with Gasteiger partial charge in [-0.15, -0.1) is 0 Å². The molecule has 2 aromatic rings. The molecule has 1 aromatic carbocycles. The summed E-state index contributed by atoms with van der Waals surface area (Å²) in [5.41, 5.74) is 1.40. The summed E-state index contributed by atoms with van der Waals surface area (Å²) in [5.74, 6) is 0.383. The van der Waals surface area contributed by atoms with Crippen LogP contribution in [0, 0.1) is 6.92 Å². The van der Waals surface area contributed by atoms with Crippen LogP contribution in [0.1, 0.15) is 5.56 Å². The molecule has 1 N–H and O–H groups in total. The fourth-order valence-electron chi connectivity index (χ4n) is 1.38. The van der Waals surface area contributed by atoms with Gasteiger partial charge < -0.3 is 14.5 Å². The van der Waals surface area contributed by atoms with E-state index in [4.69, 9.17) is 4.74 Å². The zero-order chi connectivity index (χ0) is 11.7. The van der Waals surface area contributed by atoms with E-state index < -0.39 is 6.16 Å². The summed E-state index contributed by atoms with van der Waals surface area (Å²) in [4.78, 5) is 24.7. The highest BCUT2D eigenvalue weighted by atomic mass is 32.1. The molecule has 0 saturated carbocycles. The third-order valence-electron chi connectivity index (χ3n) is 2.17. The van der Waals surface area contributed by atoms with Gasteiger partial charge in [-0.2, -0.15) is 0 Å². The standard InChI is InChI=1S/C10H9NO4S/c1-5-6(15-10(13)14-2)3-4-7-8(5)11-9(12)16-7/h3-4H,1-2H3,(H,11,12). The third-order valence-corrected chi connectivity index (χ3v) is 3.01. The minimum atomic E-state index is -0.778. The lowest BCUT2D eigenvalue weighted by Gasteiger charge is -2.05. The molecule has 84 valence electrons. The molecule has 0 radical (unpaired) electrons. The average Bonchev–Trinajstić information content (AvgIpc) is 2.64. The van der Waals surface area contributed by atoms with Crippen molar-refractivity contribution in [2.24, 2.45) is 0 Å². The number of thiazole rings is 1. The molecule has 2 rings (SSSR count). The van der Waals surface area contributed by atoms with Crippen LogP contribution in [0.2, 0.25) is 0 Å². The highest BCUT2D eigenvalue weighted by Crippen LogP contribution is 2.27. The van der Waals surface area contributed by atoms with Gasteiger partial charge in [0, 0.05) is 5.56 Å². The minimum Gasteiger partial charge on any atom is -0.437 e. The Bertz CT molecular complexity index is 598. The zero-order valence-corrected chi connectivity index (χ0v) is 9.51. The number of benzene rings is 1. The quantitative estimate of drug-likeness (QED) is 0.610. The van der Waals surface area contributed by atoms with Gasteiger partial charge in [0.15, 0.2) is 0 Å². The Labute approximate surface area is 94.6 Å². The second-order valence-corrected chi connectivity index (χ2v) is 4.15. The predicted molar refractivity (Wildman–Crippen MR) is 60.2 cm³/mol. The number of hydrogen-bond donors (Lipinski definition) is 1. The van der Waals surface area contributed by atoms with Crippen molar-refractivity contribution in [3.63, 3.8) is 0 Å². The monoisotopic (exact) mass is 239 g/mol. The maximum absolute atomic E-state index is 11.2. The number of carbonyl (C=O) groups excluding carboxylic acids is 1. The van der Waals surface area contributed by atoms with E-state index in [0.717, 1.165) is 16.0 Å². The molecule has 16 heavy (non-hydrogen) atoms. The Morgan fingerprint density at radius 2 is 2.19 bits per heavy atom. The topological polar surface area (TPSA) is 68.4 Å². The lowest BCUT2D eigenvalue weighted by atomic mass is 10.2. The van der Waals surface area contributed by atoms with Gasteiger partial charge in [-0.05, 0) is 19.1 Å². The molecule has 0 unspecified atom stereocenters. The summed E-state index contributed by atoms with van der Waals surface area (Å²) >= 11 is 1.12. The van der Waals surface area contributed by atoms with Crippen LogP contribution in [-0.2, 0) is 4.74 Å². The molecule has 1 heterocycles. The molecule has 0 aliphatic rings. The molecule has 0 aliphatic heterocycles. The van der Waals surface area contributed by atoms with Crippen molar-refractivity contribution >= 4 is 27.7 Å². The van der Waals surface area contributed by atoms with E-state index in [1.807, 2.05) is 0 Å². The summed E-state index contributed by atoms with van der Waals surface area (Å²) < 4.78 is 10.2. The van der Waals surface area contributed by atoms with Crippen molar-refractivity contribution in [3.05, 3.63) is 27.4 Å². The first-order valence-electron chi connectivity index (χ1n) is 4.50. The Morgan fingerprint density at radius 3 is 2.88 bits per heavy atom. The largest absolute Gasteiger partial charge is 0.513 e. The summed E-state index contributed by atoms with van der Waals surface area (Å²) in [6, 6.07) is 3.36. The molecule has 0 bridgehead atoms. The lowest BCUT2D eigenvalue weighted by Crippen LogP contribution is -2.08. The third kappa shape index (κ3) is 1.79. The average molecular weight is 239 g/mol. The number of H-pyrrole nitrogens is 1. The molecule has 0 fully saturated rings. The van der Waals surface area contributed by atoms with Gasteiger partial charge in [0.1, 0.15) is 5.75 Å². The minimum absolute atomic E-state index is 0.131. The number of aromatic nitrogens is 1. The Hall–Kier alpha value is -1.82. The smallest absolute Gasteiger partial charge is 0.437 e.